The Morgan fingerprint density at radius 1 is 1.22 bits per heavy atom. The fourth-order valence-electron chi connectivity index (χ4n) is 2.99. The van der Waals surface area contributed by atoms with E-state index in [1.807, 2.05) is 25.5 Å². The fourth-order valence-corrected chi connectivity index (χ4v) is 3.43. The Labute approximate surface area is 160 Å². The second kappa shape index (κ2) is 7.80. The predicted molar refractivity (Wildman–Crippen MR) is 103 cm³/mol. The Bertz CT molecular complexity index is 884. The molecule has 10 heteroatoms. The Morgan fingerprint density at radius 2 is 2.07 bits per heavy atom. The maximum absolute atomic E-state index is 12.2. The average Bonchev–Trinajstić information content (AvgIpc) is 3.35. The SMILES string of the molecule is Cn1ccnc1CN1CCN(c2ccc(C(=O)Nc3nncs3)cn2)CC1. The third-order valence-corrected chi connectivity index (χ3v) is 5.18. The van der Waals surface area contributed by atoms with Gasteiger partial charge in [-0.2, -0.15) is 0 Å². The van der Waals surface area contributed by atoms with Gasteiger partial charge in [-0.1, -0.05) is 11.3 Å². The Balaban J connectivity index is 1.32. The van der Waals surface area contributed by atoms with E-state index < -0.39 is 0 Å². The molecule has 0 saturated carbocycles. The molecule has 1 aliphatic rings. The molecule has 1 amide bonds. The van der Waals surface area contributed by atoms with Crippen molar-refractivity contribution >= 4 is 28.2 Å². The van der Waals surface area contributed by atoms with Crippen LogP contribution in [0.1, 0.15) is 16.2 Å². The molecule has 0 aliphatic carbocycles. The lowest BCUT2D eigenvalue weighted by Gasteiger charge is -2.35. The lowest BCUT2D eigenvalue weighted by atomic mass is 10.2. The summed E-state index contributed by atoms with van der Waals surface area (Å²) in [6.45, 7) is 4.55. The minimum Gasteiger partial charge on any atom is -0.354 e. The van der Waals surface area contributed by atoms with E-state index in [0.29, 0.717) is 10.7 Å². The van der Waals surface area contributed by atoms with Crippen molar-refractivity contribution < 1.29 is 4.79 Å². The van der Waals surface area contributed by atoms with Crippen molar-refractivity contribution in [3.8, 4) is 0 Å². The van der Waals surface area contributed by atoms with Crippen molar-refractivity contribution in [2.75, 3.05) is 36.4 Å². The normalized spacial score (nSPS) is 15.1. The van der Waals surface area contributed by atoms with Crippen LogP contribution in [-0.2, 0) is 13.6 Å². The zero-order chi connectivity index (χ0) is 18.6. The average molecular weight is 384 g/mol. The highest BCUT2D eigenvalue weighted by atomic mass is 32.1. The number of aryl methyl sites for hydroxylation is 1. The highest BCUT2D eigenvalue weighted by Gasteiger charge is 2.19. The van der Waals surface area contributed by atoms with Gasteiger partial charge >= 0.3 is 0 Å². The van der Waals surface area contributed by atoms with Gasteiger partial charge < -0.3 is 9.47 Å². The van der Waals surface area contributed by atoms with E-state index in [0.717, 1.165) is 44.4 Å². The molecule has 0 unspecified atom stereocenters. The highest BCUT2D eigenvalue weighted by Crippen LogP contribution is 2.16. The van der Waals surface area contributed by atoms with E-state index >= 15 is 0 Å². The monoisotopic (exact) mass is 384 g/mol. The van der Waals surface area contributed by atoms with Gasteiger partial charge in [-0.15, -0.1) is 10.2 Å². The largest absolute Gasteiger partial charge is 0.354 e. The number of nitrogens with zero attached hydrogens (tertiary/aromatic N) is 7. The van der Waals surface area contributed by atoms with Crippen LogP contribution in [0, 0.1) is 0 Å². The number of nitrogens with one attached hydrogen (secondary N) is 1. The second-order valence-corrected chi connectivity index (χ2v) is 7.15. The van der Waals surface area contributed by atoms with Crippen LogP contribution in [0.5, 0.6) is 0 Å². The van der Waals surface area contributed by atoms with Crippen molar-refractivity contribution in [3.63, 3.8) is 0 Å². The van der Waals surface area contributed by atoms with E-state index in [-0.39, 0.29) is 5.91 Å². The lowest BCUT2D eigenvalue weighted by molar-refractivity contribution is 0.102. The first-order chi connectivity index (χ1) is 13.2. The summed E-state index contributed by atoms with van der Waals surface area (Å²) >= 11 is 1.28. The molecule has 0 aromatic carbocycles. The van der Waals surface area contributed by atoms with Gasteiger partial charge in [0, 0.05) is 51.8 Å². The van der Waals surface area contributed by atoms with Gasteiger partial charge in [-0.05, 0) is 12.1 Å². The summed E-state index contributed by atoms with van der Waals surface area (Å²) in [4.78, 5) is 25.7. The molecule has 1 saturated heterocycles. The van der Waals surface area contributed by atoms with Gasteiger partial charge in [0.1, 0.15) is 17.2 Å². The minimum atomic E-state index is -0.231. The summed E-state index contributed by atoms with van der Waals surface area (Å²) in [5, 5.41) is 10.7. The van der Waals surface area contributed by atoms with Crippen LogP contribution >= 0.6 is 11.3 Å². The molecule has 140 valence electrons. The van der Waals surface area contributed by atoms with Gasteiger partial charge in [0.15, 0.2) is 0 Å². The zero-order valence-corrected chi connectivity index (χ0v) is 15.8. The van der Waals surface area contributed by atoms with Crippen LogP contribution in [0.3, 0.4) is 0 Å². The molecule has 1 N–H and O–H groups in total. The van der Waals surface area contributed by atoms with Gasteiger partial charge in [-0.3, -0.25) is 15.0 Å². The molecule has 0 spiro atoms. The first-order valence-corrected chi connectivity index (χ1v) is 9.54. The van der Waals surface area contributed by atoms with Crippen molar-refractivity contribution in [1.82, 2.24) is 29.6 Å². The number of carbonyl (C=O) groups excluding carboxylic acids is 1. The first kappa shape index (κ1) is 17.6. The zero-order valence-electron chi connectivity index (χ0n) is 14.9. The molecule has 1 fully saturated rings. The summed E-state index contributed by atoms with van der Waals surface area (Å²) in [7, 11) is 2.02. The number of carbonyl (C=O) groups is 1. The van der Waals surface area contributed by atoms with Crippen molar-refractivity contribution in [2.24, 2.45) is 7.05 Å². The van der Waals surface area contributed by atoms with E-state index in [4.69, 9.17) is 0 Å². The number of piperazine rings is 1. The van der Waals surface area contributed by atoms with Gasteiger partial charge in [0.05, 0.1) is 12.1 Å². The summed E-state index contributed by atoms with van der Waals surface area (Å²) in [6.07, 6.45) is 5.41. The quantitative estimate of drug-likeness (QED) is 0.707. The van der Waals surface area contributed by atoms with Crippen LogP contribution < -0.4 is 10.2 Å². The van der Waals surface area contributed by atoms with Gasteiger partial charge in [0.2, 0.25) is 5.13 Å². The number of rotatable bonds is 5. The van der Waals surface area contributed by atoms with Crippen LogP contribution in [0.25, 0.3) is 0 Å². The number of imidazole rings is 1. The van der Waals surface area contributed by atoms with E-state index in [1.54, 1.807) is 17.8 Å². The molecular weight excluding hydrogens is 364 g/mol. The molecule has 0 atom stereocenters. The molecule has 4 heterocycles. The van der Waals surface area contributed by atoms with Crippen LogP contribution in [0.2, 0.25) is 0 Å². The predicted octanol–water partition coefficient (Wildman–Crippen LogP) is 1.24. The third kappa shape index (κ3) is 4.12. The summed E-state index contributed by atoms with van der Waals surface area (Å²) in [5.74, 6) is 1.73. The Morgan fingerprint density at radius 3 is 2.70 bits per heavy atom. The fraction of sp³-hybridized carbons (Fsp3) is 0.353. The maximum Gasteiger partial charge on any atom is 0.259 e. The lowest BCUT2D eigenvalue weighted by Crippen LogP contribution is -2.46. The smallest absolute Gasteiger partial charge is 0.259 e. The second-order valence-electron chi connectivity index (χ2n) is 6.32. The first-order valence-electron chi connectivity index (χ1n) is 8.66. The third-order valence-electron chi connectivity index (χ3n) is 4.57. The van der Waals surface area contributed by atoms with Gasteiger partial charge in [-0.25, -0.2) is 9.97 Å². The molecular formula is C17H20N8OS. The van der Waals surface area contributed by atoms with Crippen LogP contribution in [0.4, 0.5) is 10.9 Å². The molecule has 9 nitrogen and oxygen atoms in total. The van der Waals surface area contributed by atoms with Gasteiger partial charge in [0.25, 0.3) is 5.91 Å². The van der Waals surface area contributed by atoms with E-state index in [9.17, 15) is 4.79 Å². The van der Waals surface area contributed by atoms with E-state index in [1.165, 1.54) is 11.3 Å². The Kier molecular flexibility index (Phi) is 5.07. The summed E-state index contributed by atoms with van der Waals surface area (Å²) < 4.78 is 2.06. The van der Waals surface area contributed by atoms with Crippen molar-refractivity contribution in [2.45, 2.75) is 6.54 Å². The standard InChI is InChI=1S/C17H20N8OS/c1-23-5-4-18-15(23)11-24-6-8-25(9-7-24)14-3-2-13(10-19-14)16(26)21-17-22-20-12-27-17/h2-5,10,12H,6-9,11H2,1H3,(H,21,22,26). The number of aromatic nitrogens is 5. The maximum atomic E-state index is 12.2. The summed E-state index contributed by atoms with van der Waals surface area (Å²) in [5.41, 5.74) is 2.08. The molecule has 1 aliphatic heterocycles. The van der Waals surface area contributed by atoms with E-state index in [2.05, 4.69) is 39.8 Å². The summed E-state index contributed by atoms with van der Waals surface area (Å²) in [6, 6.07) is 3.68. The topological polar surface area (TPSA) is 92.1 Å². The molecule has 3 aromatic heterocycles. The molecule has 0 bridgehead atoms. The number of anilines is 2. The van der Waals surface area contributed by atoms with Crippen LogP contribution in [-0.4, -0.2) is 61.7 Å². The highest BCUT2D eigenvalue weighted by molar-refractivity contribution is 7.13. The number of hydrogen-bond donors (Lipinski definition) is 1. The van der Waals surface area contributed by atoms with Crippen LogP contribution in [0.15, 0.2) is 36.2 Å². The molecule has 4 rings (SSSR count). The number of amides is 1. The number of hydrogen-bond acceptors (Lipinski definition) is 8. The van der Waals surface area contributed by atoms with Crippen molar-refractivity contribution in [1.29, 1.82) is 0 Å². The van der Waals surface area contributed by atoms with Crippen molar-refractivity contribution in [3.05, 3.63) is 47.6 Å². The number of pyridine rings is 1. The molecule has 27 heavy (non-hydrogen) atoms. The molecule has 3 aromatic rings. The minimum absolute atomic E-state index is 0.231. The Hall–Kier alpha value is -2.85. The molecule has 0 radical (unpaired) electrons.